The van der Waals surface area contributed by atoms with Gasteiger partial charge in [-0.25, -0.2) is 0 Å². The summed E-state index contributed by atoms with van der Waals surface area (Å²) in [6, 6.07) is 8.22. The molecule has 0 aliphatic heterocycles. The highest BCUT2D eigenvalue weighted by Crippen LogP contribution is 2.33. The van der Waals surface area contributed by atoms with Crippen LogP contribution >= 0.6 is 0 Å². The second-order valence-corrected chi connectivity index (χ2v) is 6.65. The molecular weight excluding hydrogens is 362 g/mol. The number of hydrogen-bond donors (Lipinski definition) is 3. The Hall–Kier alpha value is -3.42. The highest BCUT2D eigenvalue weighted by molar-refractivity contribution is 6.05. The number of carboxylic acid groups (broad SMARTS) is 1. The molecule has 3 rings (SSSR count). The Morgan fingerprint density at radius 1 is 1.14 bits per heavy atom. The SMILES string of the molecule is COc1cc(NC(=O)[C@@H]2CC[C@H](C(=O)O)C2)ccc1NC(=O)c1cccnc1. The third-order valence-corrected chi connectivity index (χ3v) is 4.79. The first-order valence-corrected chi connectivity index (χ1v) is 8.91. The van der Waals surface area contributed by atoms with Gasteiger partial charge >= 0.3 is 5.97 Å². The highest BCUT2D eigenvalue weighted by Gasteiger charge is 2.33. The van der Waals surface area contributed by atoms with E-state index in [1.807, 2.05) is 0 Å². The number of amides is 2. The van der Waals surface area contributed by atoms with Gasteiger partial charge in [-0.15, -0.1) is 0 Å². The number of carbonyl (C=O) groups excluding carboxylic acids is 2. The lowest BCUT2D eigenvalue weighted by Crippen LogP contribution is -2.21. The zero-order chi connectivity index (χ0) is 20.1. The highest BCUT2D eigenvalue weighted by atomic mass is 16.5. The van der Waals surface area contributed by atoms with E-state index in [2.05, 4.69) is 15.6 Å². The summed E-state index contributed by atoms with van der Waals surface area (Å²) in [4.78, 5) is 39.7. The molecule has 1 aliphatic carbocycles. The van der Waals surface area contributed by atoms with Crippen LogP contribution in [0.2, 0.25) is 0 Å². The van der Waals surface area contributed by atoms with E-state index in [-0.39, 0.29) is 17.7 Å². The fraction of sp³-hybridized carbons (Fsp3) is 0.300. The number of aromatic nitrogens is 1. The molecule has 2 amide bonds. The lowest BCUT2D eigenvalue weighted by atomic mass is 10.0. The summed E-state index contributed by atoms with van der Waals surface area (Å²) < 4.78 is 5.32. The summed E-state index contributed by atoms with van der Waals surface area (Å²) in [5.41, 5.74) is 1.39. The zero-order valence-corrected chi connectivity index (χ0v) is 15.3. The van der Waals surface area contributed by atoms with E-state index in [1.54, 1.807) is 36.5 Å². The van der Waals surface area contributed by atoms with Gasteiger partial charge in [0, 0.05) is 30.1 Å². The van der Waals surface area contributed by atoms with Crippen LogP contribution in [0.5, 0.6) is 5.75 Å². The van der Waals surface area contributed by atoms with Crippen molar-refractivity contribution >= 4 is 29.2 Å². The fourth-order valence-corrected chi connectivity index (χ4v) is 3.25. The molecule has 0 radical (unpaired) electrons. The fourth-order valence-electron chi connectivity index (χ4n) is 3.25. The molecule has 0 unspecified atom stereocenters. The van der Waals surface area contributed by atoms with Crippen LogP contribution in [0.4, 0.5) is 11.4 Å². The minimum absolute atomic E-state index is 0.210. The zero-order valence-electron chi connectivity index (χ0n) is 15.3. The normalized spacial score (nSPS) is 18.3. The molecule has 1 aromatic heterocycles. The Bertz CT molecular complexity index is 885. The van der Waals surface area contributed by atoms with E-state index in [0.29, 0.717) is 42.0 Å². The third kappa shape index (κ3) is 4.46. The molecule has 1 fully saturated rings. The third-order valence-electron chi connectivity index (χ3n) is 4.79. The number of nitrogens with one attached hydrogen (secondary N) is 2. The molecule has 1 heterocycles. The number of anilines is 2. The Morgan fingerprint density at radius 2 is 1.93 bits per heavy atom. The van der Waals surface area contributed by atoms with Gasteiger partial charge < -0.3 is 20.5 Å². The molecule has 1 saturated carbocycles. The molecule has 1 aromatic carbocycles. The van der Waals surface area contributed by atoms with E-state index in [0.717, 1.165) is 0 Å². The molecule has 8 heteroatoms. The van der Waals surface area contributed by atoms with Gasteiger partial charge in [-0.3, -0.25) is 19.4 Å². The minimum Gasteiger partial charge on any atom is -0.494 e. The largest absolute Gasteiger partial charge is 0.494 e. The van der Waals surface area contributed by atoms with Crippen molar-refractivity contribution in [2.24, 2.45) is 11.8 Å². The average Bonchev–Trinajstić information content (AvgIpc) is 3.20. The van der Waals surface area contributed by atoms with Crippen LogP contribution in [0.3, 0.4) is 0 Å². The van der Waals surface area contributed by atoms with E-state index < -0.39 is 11.9 Å². The maximum absolute atomic E-state index is 12.4. The Labute approximate surface area is 161 Å². The molecular formula is C20H21N3O5. The maximum atomic E-state index is 12.4. The van der Waals surface area contributed by atoms with Crippen LogP contribution < -0.4 is 15.4 Å². The number of carbonyl (C=O) groups is 3. The van der Waals surface area contributed by atoms with Crippen molar-refractivity contribution in [1.29, 1.82) is 0 Å². The number of ether oxygens (including phenoxy) is 1. The summed E-state index contributed by atoms with van der Waals surface area (Å²) in [5.74, 6) is -1.78. The number of nitrogens with zero attached hydrogens (tertiary/aromatic N) is 1. The quantitative estimate of drug-likeness (QED) is 0.706. The molecule has 2 atom stereocenters. The topological polar surface area (TPSA) is 118 Å². The molecule has 2 aromatic rings. The number of hydrogen-bond acceptors (Lipinski definition) is 5. The van der Waals surface area contributed by atoms with Gasteiger partial charge in [-0.05, 0) is 43.5 Å². The van der Waals surface area contributed by atoms with Crippen molar-refractivity contribution in [3.63, 3.8) is 0 Å². The molecule has 8 nitrogen and oxygen atoms in total. The van der Waals surface area contributed by atoms with Crippen LogP contribution in [-0.4, -0.2) is 35.0 Å². The molecule has 0 bridgehead atoms. The standard InChI is InChI=1S/C20H21N3O5/c1-28-17-10-15(22-18(24)12-4-5-13(9-12)20(26)27)6-7-16(17)23-19(25)14-3-2-8-21-11-14/h2-3,6-8,10-13H,4-5,9H2,1H3,(H,22,24)(H,23,25)(H,26,27)/t12-,13+/m1/s1. The van der Waals surface area contributed by atoms with Crippen LogP contribution in [0, 0.1) is 11.8 Å². The smallest absolute Gasteiger partial charge is 0.306 e. The van der Waals surface area contributed by atoms with Gasteiger partial charge in [-0.2, -0.15) is 0 Å². The summed E-state index contributed by atoms with van der Waals surface area (Å²) in [7, 11) is 1.47. The van der Waals surface area contributed by atoms with Crippen molar-refractivity contribution in [2.45, 2.75) is 19.3 Å². The Morgan fingerprint density at radius 3 is 2.57 bits per heavy atom. The number of benzene rings is 1. The number of methoxy groups -OCH3 is 1. The van der Waals surface area contributed by atoms with Crippen molar-refractivity contribution in [3.8, 4) is 5.75 Å². The molecule has 0 spiro atoms. The summed E-state index contributed by atoms with van der Waals surface area (Å²) in [6.45, 7) is 0. The summed E-state index contributed by atoms with van der Waals surface area (Å²) >= 11 is 0. The predicted molar refractivity (Wildman–Crippen MR) is 102 cm³/mol. The van der Waals surface area contributed by atoms with E-state index >= 15 is 0 Å². The van der Waals surface area contributed by atoms with Gasteiger partial charge in [0.05, 0.1) is 24.3 Å². The van der Waals surface area contributed by atoms with Crippen molar-refractivity contribution in [2.75, 3.05) is 17.7 Å². The van der Waals surface area contributed by atoms with Crippen LogP contribution in [0.1, 0.15) is 29.6 Å². The van der Waals surface area contributed by atoms with Gasteiger partial charge in [0.15, 0.2) is 0 Å². The maximum Gasteiger partial charge on any atom is 0.306 e. The average molecular weight is 383 g/mol. The monoisotopic (exact) mass is 383 g/mol. The van der Waals surface area contributed by atoms with Gasteiger partial charge in [0.25, 0.3) is 5.91 Å². The minimum atomic E-state index is -0.856. The van der Waals surface area contributed by atoms with Crippen molar-refractivity contribution in [1.82, 2.24) is 4.98 Å². The number of carboxylic acids is 1. The predicted octanol–water partition coefficient (Wildman–Crippen LogP) is 2.78. The second kappa shape index (κ2) is 8.51. The van der Waals surface area contributed by atoms with E-state index in [1.165, 1.54) is 13.3 Å². The molecule has 146 valence electrons. The van der Waals surface area contributed by atoms with Crippen molar-refractivity contribution < 1.29 is 24.2 Å². The lowest BCUT2D eigenvalue weighted by Gasteiger charge is -2.14. The molecule has 28 heavy (non-hydrogen) atoms. The summed E-state index contributed by atoms with van der Waals surface area (Å²) in [6.07, 6.45) is 4.45. The first-order chi connectivity index (χ1) is 13.5. The van der Waals surface area contributed by atoms with E-state index in [4.69, 9.17) is 9.84 Å². The second-order valence-electron chi connectivity index (χ2n) is 6.65. The summed E-state index contributed by atoms with van der Waals surface area (Å²) in [5, 5.41) is 14.6. The van der Waals surface area contributed by atoms with Crippen LogP contribution in [-0.2, 0) is 9.59 Å². The van der Waals surface area contributed by atoms with Gasteiger partial charge in [0.1, 0.15) is 5.75 Å². The van der Waals surface area contributed by atoms with E-state index in [9.17, 15) is 14.4 Å². The molecule has 0 saturated heterocycles. The molecule has 1 aliphatic rings. The van der Waals surface area contributed by atoms with Gasteiger partial charge in [-0.1, -0.05) is 0 Å². The first-order valence-electron chi connectivity index (χ1n) is 8.91. The number of rotatable bonds is 6. The Balaban J connectivity index is 1.67. The number of pyridine rings is 1. The van der Waals surface area contributed by atoms with Crippen molar-refractivity contribution in [3.05, 3.63) is 48.3 Å². The first kappa shape index (κ1) is 19.3. The van der Waals surface area contributed by atoms with Crippen LogP contribution in [0.15, 0.2) is 42.7 Å². The Kier molecular flexibility index (Phi) is 5.88. The van der Waals surface area contributed by atoms with Crippen LogP contribution in [0.25, 0.3) is 0 Å². The molecule has 3 N–H and O–H groups in total. The van der Waals surface area contributed by atoms with Gasteiger partial charge in [0.2, 0.25) is 5.91 Å². The lowest BCUT2D eigenvalue weighted by molar-refractivity contribution is -0.141. The number of aliphatic carboxylic acids is 1.